The number of hydrogen-bond donors (Lipinski definition) is 1. The van der Waals surface area contributed by atoms with Crippen molar-refractivity contribution in [3.63, 3.8) is 0 Å². The third kappa shape index (κ3) is 3.83. The Balaban J connectivity index is 1.55. The Morgan fingerprint density at radius 3 is 2.57 bits per heavy atom. The molecule has 3 aliphatic rings. The molecule has 0 aromatic heterocycles. The fourth-order valence-corrected chi connectivity index (χ4v) is 4.25. The monoisotopic (exact) mass is 294 g/mol. The molecule has 0 saturated carbocycles. The highest BCUT2D eigenvalue weighted by Crippen LogP contribution is 2.22. The Bertz CT molecular complexity index is 369. The maximum absolute atomic E-state index is 11.9. The molecule has 21 heavy (non-hydrogen) atoms. The van der Waals surface area contributed by atoms with Crippen molar-refractivity contribution in [1.29, 1.82) is 0 Å². The summed E-state index contributed by atoms with van der Waals surface area (Å²) < 4.78 is 0. The second-order valence-electron chi connectivity index (χ2n) is 7.28. The molecule has 0 spiro atoms. The first-order valence-electron chi connectivity index (χ1n) is 8.56. The topological polar surface area (TPSA) is 52.8 Å². The number of piperidine rings is 1. The van der Waals surface area contributed by atoms with Gasteiger partial charge in [-0.05, 0) is 39.4 Å². The predicted molar refractivity (Wildman–Crippen MR) is 84.3 cm³/mol. The molecule has 0 aromatic carbocycles. The molecule has 3 unspecified atom stereocenters. The first kappa shape index (κ1) is 15.4. The minimum Gasteiger partial charge on any atom is -0.326 e. The molecule has 3 rings (SSSR count). The van der Waals surface area contributed by atoms with Gasteiger partial charge in [-0.2, -0.15) is 0 Å². The molecule has 0 amide bonds. The van der Waals surface area contributed by atoms with Crippen LogP contribution in [0.3, 0.4) is 0 Å². The zero-order chi connectivity index (χ0) is 14.8. The molecule has 0 aliphatic carbocycles. The van der Waals surface area contributed by atoms with Gasteiger partial charge in [0.25, 0.3) is 0 Å². The molecule has 2 N–H and O–H groups in total. The Labute approximate surface area is 128 Å². The third-order valence-electron chi connectivity index (χ3n) is 5.44. The van der Waals surface area contributed by atoms with E-state index >= 15 is 0 Å². The summed E-state index contributed by atoms with van der Waals surface area (Å²) in [4.78, 5) is 19.3. The smallest absolute Gasteiger partial charge is 0.148 e. The van der Waals surface area contributed by atoms with E-state index in [9.17, 15) is 4.79 Å². The van der Waals surface area contributed by atoms with Crippen LogP contribution in [-0.4, -0.2) is 84.9 Å². The molecule has 0 radical (unpaired) electrons. The summed E-state index contributed by atoms with van der Waals surface area (Å²) in [7, 11) is 2.16. The molecular formula is C16H30N4O. The van der Waals surface area contributed by atoms with Crippen LogP contribution in [0.15, 0.2) is 0 Å². The van der Waals surface area contributed by atoms with Crippen LogP contribution in [0.2, 0.25) is 0 Å². The van der Waals surface area contributed by atoms with E-state index in [-0.39, 0.29) is 0 Å². The molecule has 3 atom stereocenters. The molecule has 3 heterocycles. The minimum atomic E-state index is 0.304. The summed E-state index contributed by atoms with van der Waals surface area (Å²) in [5.41, 5.74) is 6.07. The van der Waals surface area contributed by atoms with Crippen LogP contribution in [0.5, 0.6) is 0 Å². The van der Waals surface area contributed by atoms with E-state index in [1.165, 1.54) is 32.4 Å². The number of hydrogen-bond acceptors (Lipinski definition) is 5. The maximum Gasteiger partial charge on any atom is 0.148 e. The number of carbonyl (C=O) groups is 1. The molecule has 0 bridgehead atoms. The third-order valence-corrected chi connectivity index (χ3v) is 5.44. The fraction of sp³-hybridized carbons (Fsp3) is 0.938. The summed E-state index contributed by atoms with van der Waals surface area (Å²) >= 11 is 0. The standard InChI is InChI=1S/C16H30N4O/c1-18-9-13(17)7-14(18)11-20-12-16(21)8-15(20)10-19-5-3-2-4-6-19/h13-15H,2-12,17H2,1H3. The summed E-state index contributed by atoms with van der Waals surface area (Å²) in [6, 6.07) is 1.26. The number of likely N-dealkylation sites (N-methyl/N-ethyl adjacent to an activating group) is 1. The lowest BCUT2D eigenvalue weighted by Crippen LogP contribution is -2.46. The van der Waals surface area contributed by atoms with E-state index in [0.717, 1.165) is 32.5 Å². The van der Waals surface area contributed by atoms with Crippen molar-refractivity contribution in [2.45, 2.75) is 50.2 Å². The lowest BCUT2D eigenvalue weighted by atomic mass is 10.1. The van der Waals surface area contributed by atoms with Crippen LogP contribution < -0.4 is 5.73 Å². The first-order valence-corrected chi connectivity index (χ1v) is 8.56. The molecule has 0 aromatic rings. The van der Waals surface area contributed by atoms with Crippen LogP contribution in [0, 0.1) is 0 Å². The summed E-state index contributed by atoms with van der Waals surface area (Å²) in [6.45, 7) is 6.16. The van der Waals surface area contributed by atoms with Gasteiger partial charge in [0.15, 0.2) is 0 Å². The van der Waals surface area contributed by atoms with Gasteiger partial charge >= 0.3 is 0 Å². The van der Waals surface area contributed by atoms with E-state index in [1.807, 2.05) is 0 Å². The van der Waals surface area contributed by atoms with Crippen LogP contribution >= 0.6 is 0 Å². The second-order valence-corrected chi connectivity index (χ2v) is 7.28. The predicted octanol–water partition coefficient (Wildman–Crippen LogP) is 0.147. The SMILES string of the molecule is CN1CC(N)CC1CN1CC(=O)CC1CN1CCCCC1. The van der Waals surface area contributed by atoms with Gasteiger partial charge < -0.3 is 15.5 Å². The Hall–Kier alpha value is -0.490. The maximum atomic E-state index is 11.9. The zero-order valence-corrected chi connectivity index (χ0v) is 13.3. The number of ketones is 1. The van der Waals surface area contributed by atoms with Crippen molar-refractivity contribution >= 4 is 5.78 Å². The van der Waals surface area contributed by atoms with Crippen LogP contribution in [0.25, 0.3) is 0 Å². The van der Waals surface area contributed by atoms with Gasteiger partial charge in [0.2, 0.25) is 0 Å². The second kappa shape index (κ2) is 6.73. The molecule has 5 nitrogen and oxygen atoms in total. The van der Waals surface area contributed by atoms with E-state index in [1.54, 1.807) is 0 Å². The summed E-state index contributed by atoms with van der Waals surface area (Å²) in [5.74, 6) is 0.418. The van der Waals surface area contributed by atoms with E-state index in [4.69, 9.17) is 5.73 Å². The Morgan fingerprint density at radius 1 is 1.14 bits per heavy atom. The van der Waals surface area contributed by atoms with Crippen LogP contribution in [0.1, 0.15) is 32.1 Å². The highest BCUT2D eigenvalue weighted by molar-refractivity contribution is 5.83. The van der Waals surface area contributed by atoms with Gasteiger partial charge in [-0.1, -0.05) is 6.42 Å². The van der Waals surface area contributed by atoms with E-state index in [0.29, 0.717) is 30.5 Å². The molecule has 3 saturated heterocycles. The number of carbonyl (C=O) groups excluding carboxylic acids is 1. The van der Waals surface area contributed by atoms with Crippen molar-refractivity contribution < 1.29 is 4.79 Å². The van der Waals surface area contributed by atoms with E-state index < -0.39 is 0 Å². The van der Waals surface area contributed by atoms with Crippen molar-refractivity contribution in [2.24, 2.45) is 5.73 Å². The van der Waals surface area contributed by atoms with Gasteiger partial charge in [0.05, 0.1) is 6.54 Å². The number of Topliss-reactive ketones (excluding diaryl/α,β-unsaturated/α-hetero) is 1. The number of nitrogens with two attached hydrogens (primary N) is 1. The molecule has 120 valence electrons. The zero-order valence-electron chi connectivity index (χ0n) is 13.3. The van der Waals surface area contributed by atoms with Crippen LogP contribution in [0.4, 0.5) is 0 Å². The van der Waals surface area contributed by atoms with Gasteiger partial charge in [0.1, 0.15) is 5.78 Å². The van der Waals surface area contributed by atoms with Crippen LogP contribution in [-0.2, 0) is 4.79 Å². The van der Waals surface area contributed by atoms with Gasteiger partial charge in [-0.25, -0.2) is 0 Å². The summed E-state index contributed by atoms with van der Waals surface area (Å²) in [6.07, 6.45) is 5.83. The number of rotatable bonds is 4. The fourth-order valence-electron chi connectivity index (χ4n) is 4.25. The number of nitrogens with zero attached hydrogens (tertiary/aromatic N) is 3. The molecule has 3 aliphatic heterocycles. The van der Waals surface area contributed by atoms with Crippen molar-refractivity contribution in [1.82, 2.24) is 14.7 Å². The van der Waals surface area contributed by atoms with E-state index in [2.05, 4.69) is 21.7 Å². The lowest BCUT2D eigenvalue weighted by Gasteiger charge is -2.34. The van der Waals surface area contributed by atoms with Crippen molar-refractivity contribution in [3.8, 4) is 0 Å². The van der Waals surface area contributed by atoms with Crippen molar-refractivity contribution in [3.05, 3.63) is 0 Å². The number of likely N-dealkylation sites (tertiary alicyclic amines) is 3. The molecule has 3 fully saturated rings. The van der Waals surface area contributed by atoms with Gasteiger partial charge in [-0.15, -0.1) is 0 Å². The van der Waals surface area contributed by atoms with Gasteiger partial charge in [-0.3, -0.25) is 9.69 Å². The lowest BCUT2D eigenvalue weighted by molar-refractivity contribution is -0.117. The first-order chi connectivity index (χ1) is 10.1. The molecular weight excluding hydrogens is 264 g/mol. The molecule has 5 heteroatoms. The highest BCUT2D eigenvalue weighted by atomic mass is 16.1. The Morgan fingerprint density at radius 2 is 1.90 bits per heavy atom. The van der Waals surface area contributed by atoms with Crippen molar-refractivity contribution in [2.75, 3.05) is 46.3 Å². The largest absolute Gasteiger partial charge is 0.326 e. The van der Waals surface area contributed by atoms with Gasteiger partial charge in [0, 0.05) is 44.2 Å². The average molecular weight is 294 g/mol. The quantitative estimate of drug-likeness (QED) is 0.800. The average Bonchev–Trinajstić information content (AvgIpc) is 2.94. The Kier molecular flexibility index (Phi) is 4.94. The highest BCUT2D eigenvalue weighted by Gasteiger charge is 2.36. The summed E-state index contributed by atoms with van der Waals surface area (Å²) in [5, 5.41) is 0. The normalized spacial score (nSPS) is 36.7. The minimum absolute atomic E-state index is 0.304.